The van der Waals surface area contributed by atoms with Crippen LogP contribution in [-0.2, 0) is 12.8 Å². The molecule has 1 aliphatic carbocycles. The van der Waals surface area contributed by atoms with Crippen molar-refractivity contribution in [1.29, 1.82) is 0 Å². The quantitative estimate of drug-likeness (QED) is 0.376. The van der Waals surface area contributed by atoms with Crippen molar-refractivity contribution in [1.82, 2.24) is 19.6 Å². The number of halogens is 1. The van der Waals surface area contributed by atoms with E-state index in [0.717, 1.165) is 58.4 Å². The standard InChI is InChI=1S/C24H18ClN5O2S/c1-32-20-8-3-2-5-15(20)19-12-33-24-28-23(29-30(19)24)27-22(31)21-14-6-4-7-17(14)26-18-10-9-13(25)11-16(18)21/h2-3,5,8-12H,4,6-7H2,1H3,(H,27,29,31). The molecule has 0 saturated carbocycles. The highest BCUT2D eigenvalue weighted by Gasteiger charge is 2.25. The minimum Gasteiger partial charge on any atom is -0.496 e. The Morgan fingerprint density at radius 1 is 1.18 bits per heavy atom. The molecule has 9 heteroatoms. The molecule has 1 amide bonds. The number of nitrogens with one attached hydrogen (secondary N) is 1. The summed E-state index contributed by atoms with van der Waals surface area (Å²) in [5.41, 5.74) is 5.09. The van der Waals surface area contributed by atoms with Gasteiger partial charge in [0.2, 0.25) is 4.96 Å². The second kappa shape index (κ2) is 7.83. The molecule has 5 aromatic rings. The number of hydrogen-bond donors (Lipinski definition) is 1. The summed E-state index contributed by atoms with van der Waals surface area (Å²) in [6, 6.07) is 13.2. The Hall–Kier alpha value is -3.49. The predicted octanol–water partition coefficient (Wildman–Crippen LogP) is 5.41. The maximum absolute atomic E-state index is 13.5. The molecule has 164 valence electrons. The van der Waals surface area contributed by atoms with Crippen molar-refractivity contribution in [3.63, 3.8) is 0 Å². The van der Waals surface area contributed by atoms with Gasteiger partial charge in [-0.3, -0.25) is 15.1 Å². The summed E-state index contributed by atoms with van der Waals surface area (Å²) in [6.45, 7) is 0. The minimum absolute atomic E-state index is 0.250. The van der Waals surface area contributed by atoms with Crippen molar-refractivity contribution in [2.45, 2.75) is 19.3 Å². The van der Waals surface area contributed by atoms with Gasteiger partial charge in [0.15, 0.2) is 0 Å². The van der Waals surface area contributed by atoms with Crippen molar-refractivity contribution in [2.75, 3.05) is 12.4 Å². The van der Waals surface area contributed by atoms with Crippen LogP contribution >= 0.6 is 22.9 Å². The average molecular weight is 476 g/mol. The number of thiazole rings is 1. The van der Waals surface area contributed by atoms with Gasteiger partial charge in [-0.25, -0.2) is 4.52 Å². The van der Waals surface area contributed by atoms with Crippen LogP contribution in [0.3, 0.4) is 0 Å². The monoisotopic (exact) mass is 475 g/mol. The molecule has 7 nitrogen and oxygen atoms in total. The van der Waals surface area contributed by atoms with E-state index in [4.69, 9.17) is 21.3 Å². The fraction of sp³-hybridized carbons (Fsp3) is 0.167. The third-order valence-electron chi connectivity index (χ3n) is 5.89. The largest absolute Gasteiger partial charge is 0.496 e. The van der Waals surface area contributed by atoms with E-state index in [-0.39, 0.29) is 11.9 Å². The summed E-state index contributed by atoms with van der Waals surface area (Å²) >= 11 is 7.70. The number of aromatic nitrogens is 4. The molecule has 1 aliphatic rings. The molecule has 1 N–H and O–H groups in total. The molecule has 33 heavy (non-hydrogen) atoms. The molecule has 3 heterocycles. The van der Waals surface area contributed by atoms with Gasteiger partial charge in [-0.1, -0.05) is 23.7 Å². The van der Waals surface area contributed by atoms with Crippen LogP contribution in [0.25, 0.3) is 27.1 Å². The summed E-state index contributed by atoms with van der Waals surface area (Å²) in [5, 5.41) is 10.8. The van der Waals surface area contributed by atoms with Gasteiger partial charge in [0, 0.05) is 27.0 Å². The lowest BCUT2D eigenvalue weighted by atomic mass is 10.0. The van der Waals surface area contributed by atoms with E-state index in [1.165, 1.54) is 11.3 Å². The number of rotatable bonds is 4. The van der Waals surface area contributed by atoms with E-state index < -0.39 is 0 Å². The van der Waals surface area contributed by atoms with Gasteiger partial charge in [-0.2, -0.15) is 4.98 Å². The second-order valence-electron chi connectivity index (χ2n) is 7.83. The zero-order chi connectivity index (χ0) is 22.5. The van der Waals surface area contributed by atoms with Gasteiger partial charge in [0.05, 0.1) is 23.9 Å². The molecular weight excluding hydrogens is 458 g/mol. The van der Waals surface area contributed by atoms with Crippen molar-refractivity contribution in [3.8, 4) is 17.0 Å². The lowest BCUT2D eigenvalue weighted by molar-refractivity contribution is 0.102. The topological polar surface area (TPSA) is 81.4 Å². The summed E-state index contributed by atoms with van der Waals surface area (Å²) in [7, 11) is 1.64. The Labute approximate surface area is 198 Å². The number of benzene rings is 2. The van der Waals surface area contributed by atoms with Crippen LogP contribution in [0.15, 0.2) is 47.8 Å². The van der Waals surface area contributed by atoms with Gasteiger partial charge >= 0.3 is 0 Å². The van der Waals surface area contributed by atoms with Gasteiger partial charge in [-0.05, 0) is 55.2 Å². The highest BCUT2D eigenvalue weighted by molar-refractivity contribution is 7.15. The number of nitrogens with zero attached hydrogens (tertiary/aromatic N) is 4. The third kappa shape index (κ3) is 3.34. The lowest BCUT2D eigenvalue weighted by Crippen LogP contribution is -2.16. The molecule has 0 unspecified atom stereocenters. The van der Waals surface area contributed by atoms with Crippen molar-refractivity contribution in [3.05, 3.63) is 69.7 Å². The van der Waals surface area contributed by atoms with Crippen molar-refractivity contribution >= 4 is 50.7 Å². The third-order valence-corrected chi connectivity index (χ3v) is 6.94. The number of ether oxygens (including phenoxy) is 1. The maximum Gasteiger partial charge on any atom is 0.259 e. The molecule has 6 rings (SSSR count). The van der Waals surface area contributed by atoms with Gasteiger partial charge in [-0.15, -0.1) is 16.4 Å². The van der Waals surface area contributed by atoms with E-state index >= 15 is 0 Å². The highest BCUT2D eigenvalue weighted by atomic mass is 35.5. The number of carbonyl (C=O) groups is 1. The zero-order valence-corrected chi connectivity index (χ0v) is 19.2. The van der Waals surface area contributed by atoms with E-state index in [0.29, 0.717) is 15.5 Å². The highest BCUT2D eigenvalue weighted by Crippen LogP contribution is 2.34. The van der Waals surface area contributed by atoms with Gasteiger partial charge in [0.1, 0.15) is 5.75 Å². The molecule has 0 radical (unpaired) electrons. The normalized spacial score (nSPS) is 12.9. The van der Waals surface area contributed by atoms with Crippen LogP contribution in [0.2, 0.25) is 5.02 Å². The molecule has 0 fully saturated rings. The number of para-hydroxylation sites is 1. The Bertz CT molecular complexity index is 1560. The number of methoxy groups -OCH3 is 1. The molecule has 0 spiro atoms. The first-order valence-electron chi connectivity index (χ1n) is 10.5. The molecule has 0 saturated heterocycles. The number of anilines is 1. The van der Waals surface area contributed by atoms with Crippen LogP contribution in [0, 0.1) is 0 Å². The predicted molar refractivity (Wildman–Crippen MR) is 130 cm³/mol. The lowest BCUT2D eigenvalue weighted by Gasteiger charge is -2.12. The number of hydrogen-bond acceptors (Lipinski definition) is 6. The Kier molecular flexibility index (Phi) is 4.78. The fourth-order valence-corrected chi connectivity index (χ4v) is 5.43. The van der Waals surface area contributed by atoms with E-state index in [1.54, 1.807) is 23.8 Å². The van der Waals surface area contributed by atoms with E-state index in [2.05, 4.69) is 15.4 Å². The van der Waals surface area contributed by atoms with Gasteiger partial charge < -0.3 is 4.74 Å². The summed E-state index contributed by atoms with van der Waals surface area (Å²) in [5.74, 6) is 0.746. The first-order chi connectivity index (χ1) is 16.1. The smallest absolute Gasteiger partial charge is 0.259 e. The summed E-state index contributed by atoms with van der Waals surface area (Å²) in [4.78, 5) is 23.4. The number of fused-ring (bicyclic) bond motifs is 3. The fourth-order valence-electron chi connectivity index (χ4n) is 4.43. The zero-order valence-electron chi connectivity index (χ0n) is 17.6. The second-order valence-corrected chi connectivity index (χ2v) is 9.11. The number of carbonyl (C=O) groups excluding carboxylic acids is 1. The molecule has 0 atom stereocenters. The van der Waals surface area contributed by atoms with Crippen LogP contribution in [0.4, 0.5) is 5.95 Å². The van der Waals surface area contributed by atoms with Gasteiger partial charge in [0.25, 0.3) is 11.9 Å². The maximum atomic E-state index is 13.5. The molecular formula is C24H18ClN5O2S. The summed E-state index contributed by atoms with van der Waals surface area (Å²) in [6.07, 6.45) is 2.67. The number of amides is 1. The molecule has 2 aromatic carbocycles. The van der Waals surface area contributed by atoms with Crippen LogP contribution in [0.1, 0.15) is 28.0 Å². The summed E-state index contributed by atoms with van der Waals surface area (Å²) < 4.78 is 7.22. The Balaban J connectivity index is 1.41. The minimum atomic E-state index is -0.250. The molecule has 0 bridgehead atoms. The first-order valence-corrected chi connectivity index (χ1v) is 11.8. The number of pyridine rings is 1. The van der Waals surface area contributed by atoms with Crippen LogP contribution in [0.5, 0.6) is 5.75 Å². The molecule has 3 aromatic heterocycles. The number of aryl methyl sites for hydroxylation is 1. The van der Waals surface area contributed by atoms with Crippen molar-refractivity contribution in [2.24, 2.45) is 0 Å². The first kappa shape index (κ1) is 20.1. The SMILES string of the molecule is COc1ccccc1-c1csc2nc(NC(=O)c3c4c(nc5ccc(Cl)cc35)CCC4)nn12. The average Bonchev–Trinajstić information content (AvgIpc) is 3.53. The van der Waals surface area contributed by atoms with Crippen LogP contribution < -0.4 is 10.1 Å². The van der Waals surface area contributed by atoms with E-state index in [1.807, 2.05) is 35.7 Å². The molecule has 0 aliphatic heterocycles. The van der Waals surface area contributed by atoms with E-state index in [9.17, 15) is 4.79 Å². The Morgan fingerprint density at radius 3 is 2.94 bits per heavy atom. The van der Waals surface area contributed by atoms with Crippen molar-refractivity contribution < 1.29 is 9.53 Å². The Morgan fingerprint density at radius 2 is 2.06 bits per heavy atom. The van der Waals surface area contributed by atoms with Crippen LogP contribution in [-0.4, -0.2) is 32.6 Å².